The van der Waals surface area contributed by atoms with E-state index in [0.717, 1.165) is 45.8 Å². The number of carbonyl (C=O) groups is 1. The molecule has 7 nitrogen and oxygen atoms in total. The Bertz CT molecular complexity index is 1030. The lowest BCUT2D eigenvalue weighted by Crippen LogP contribution is -2.27. The largest absolute Gasteiger partial charge is 0.350 e. The summed E-state index contributed by atoms with van der Waals surface area (Å²) in [4.78, 5) is 33.8. The van der Waals surface area contributed by atoms with E-state index >= 15 is 0 Å². The first kappa shape index (κ1) is 16.0. The van der Waals surface area contributed by atoms with Gasteiger partial charge in [0.2, 0.25) is 0 Å². The van der Waals surface area contributed by atoms with E-state index in [0.29, 0.717) is 29.9 Å². The van der Waals surface area contributed by atoms with E-state index < -0.39 is 0 Å². The van der Waals surface area contributed by atoms with E-state index in [1.54, 1.807) is 0 Å². The van der Waals surface area contributed by atoms with Gasteiger partial charge in [-0.25, -0.2) is 4.98 Å². The molecule has 0 bridgehead atoms. The lowest BCUT2D eigenvalue weighted by atomic mass is 10.2. The van der Waals surface area contributed by atoms with Crippen molar-refractivity contribution in [3.8, 4) is 0 Å². The molecule has 1 amide bonds. The molecule has 4 rings (SSSR count). The zero-order valence-electron chi connectivity index (χ0n) is 14.2. The summed E-state index contributed by atoms with van der Waals surface area (Å²) >= 11 is 1.53. The fourth-order valence-corrected chi connectivity index (χ4v) is 4.35. The maximum absolute atomic E-state index is 12.3. The Morgan fingerprint density at radius 2 is 2.16 bits per heavy atom. The summed E-state index contributed by atoms with van der Waals surface area (Å²) < 4.78 is 0. The number of fused-ring (bicyclic) bond motifs is 2. The van der Waals surface area contributed by atoms with Crippen molar-refractivity contribution in [3.63, 3.8) is 0 Å². The van der Waals surface area contributed by atoms with Gasteiger partial charge in [0.05, 0.1) is 5.39 Å². The van der Waals surface area contributed by atoms with Gasteiger partial charge in [-0.3, -0.25) is 14.7 Å². The third-order valence-corrected chi connectivity index (χ3v) is 5.86. The van der Waals surface area contributed by atoms with Gasteiger partial charge in [-0.2, -0.15) is 5.10 Å². The smallest absolute Gasteiger partial charge is 0.272 e. The molecule has 1 aliphatic rings. The highest BCUT2D eigenvalue weighted by molar-refractivity contribution is 7.18. The highest BCUT2D eigenvalue weighted by Gasteiger charge is 2.22. The molecule has 130 valence electrons. The van der Waals surface area contributed by atoms with E-state index in [4.69, 9.17) is 0 Å². The number of aryl methyl sites for hydroxylation is 3. The number of H-pyrrole nitrogens is 2. The number of nitrogens with zero attached hydrogens (tertiary/aromatic N) is 2. The number of rotatable bonds is 4. The maximum atomic E-state index is 12.3. The van der Waals surface area contributed by atoms with Crippen molar-refractivity contribution in [2.75, 3.05) is 6.54 Å². The molecule has 3 heterocycles. The monoisotopic (exact) mass is 357 g/mol. The van der Waals surface area contributed by atoms with Crippen molar-refractivity contribution in [2.45, 2.75) is 39.5 Å². The Balaban J connectivity index is 1.45. The molecule has 0 saturated carbocycles. The molecule has 0 radical (unpaired) electrons. The molecule has 0 aromatic carbocycles. The summed E-state index contributed by atoms with van der Waals surface area (Å²) in [6, 6.07) is 0. The zero-order chi connectivity index (χ0) is 17.6. The summed E-state index contributed by atoms with van der Waals surface area (Å²) in [6.45, 7) is 4.33. The molecule has 0 fully saturated rings. The summed E-state index contributed by atoms with van der Waals surface area (Å²) in [5, 5.41) is 10.6. The van der Waals surface area contributed by atoms with E-state index in [2.05, 4.69) is 25.5 Å². The molecule has 3 aromatic heterocycles. The first-order chi connectivity index (χ1) is 12.0. The number of aromatic nitrogens is 4. The van der Waals surface area contributed by atoms with Crippen LogP contribution in [0, 0.1) is 13.8 Å². The molecule has 3 N–H and O–H groups in total. The molecule has 0 saturated heterocycles. The summed E-state index contributed by atoms with van der Waals surface area (Å²) in [5.41, 5.74) is 3.48. The maximum Gasteiger partial charge on any atom is 0.272 e. The number of amides is 1. The van der Waals surface area contributed by atoms with Crippen molar-refractivity contribution in [3.05, 3.63) is 43.6 Å². The second-order valence-corrected chi connectivity index (χ2v) is 7.57. The molecule has 0 atom stereocenters. The number of hydrogen-bond acceptors (Lipinski definition) is 5. The van der Waals surface area contributed by atoms with Gasteiger partial charge in [0.15, 0.2) is 5.69 Å². The van der Waals surface area contributed by atoms with Crippen LogP contribution >= 0.6 is 11.3 Å². The fraction of sp³-hybridized carbons (Fsp3) is 0.412. The zero-order valence-corrected chi connectivity index (χ0v) is 15.0. The second-order valence-electron chi connectivity index (χ2n) is 6.36. The van der Waals surface area contributed by atoms with Crippen LogP contribution in [0.5, 0.6) is 0 Å². The molecule has 0 aliphatic heterocycles. The van der Waals surface area contributed by atoms with E-state index in [9.17, 15) is 9.59 Å². The highest BCUT2D eigenvalue weighted by Crippen LogP contribution is 2.25. The van der Waals surface area contributed by atoms with Crippen LogP contribution in [-0.4, -0.2) is 32.6 Å². The number of hydrogen-bond donors (Lipinski definition) is 3. The van der Waals surface area contributed by atoms with Crippen LogP contribution in [0.25, 0.3) is 10.2 Å². The predicted molar refractivity (Wildman–Crippen MR) is 96.4 cm³/mol. The first-order valence-electron chi connectivity index (χ1n) is 8.38. The Morgan fingerprint density at radius 3 is 3.00 bits per heavy atom. The van der Waals surface area contributed by atoms with E-state index in [1.807, 2.05) is 13.8 Å². The van der Waals surface area contributed by atoms with Gasteiger partial charge < -0.3 is 10.3 Å². The summed E-state index contributed by atoms with van der Waals surface area (Å²) in [6.07, 6.45) is 3.39. The first-order valence-corrected chi connectivity index (χ1v) is 9.19. The Labute approximate surface area is 147 Å². The quantitative estimate of drug-likeness (QED) is 0.662. The number of thiophene rings is 1. The number of carbonyl (C=O) groups excluding carboxylic acids is 1. The molecular formula is C17H19N5O2S. The van der Waals surface area contributed by atoms with Gasteiger partial charge in [0.1, 0.15) is 10.7 Å². The van der Waals surface area contributed by atoms with Crippen molar-refractivity contribution >= 4 is 27.5 Å². The van der Waals surface area contributed by atoms with Crippen LogP contribution in [0.2, 0.25) is 0 Å². The minimum atomic E-state index is -0.175. The number of nitrogens with one attached hydrogen (secondary N) is 3. The van der Waals surface area contributed by atoms with Gasteiger partial charge in [-0.1, -0.05) is 0 Å². The Kier molecular flexibility index (Phi) is 3.91. The fourth-order valence-electron chi connectivity index (χ4n) is 3.30. The van der Waals surface area contributed by atoms with Gasteiger partial charge in [-0.05, 0) is 38.7 Å². The number of aromatic amines is 2. The third-order valence-electron chi connectivity index (χ3n) is 4.76. The summed E-state index contributed by atoms with van der Waals surface area (Å²) in [7, 11) is 0. The van der Waals surface area contributed by atoms with Crippen molar-refractivity contribution in [1.82, 2.24) is 25.5 Å². The lowest BCUT2D eigenvalue weighted by Gasteiger charge is -2.04. The van der Waals surface area contributed by atoms with Gasteiger partial charge in [0, 0.05) is 29.1 Å². The SMILES string of the molecule is Cc1sc2nc(CCNC(=O)c3n[nH]c4c3CCC4)[nH]c(=O)c2c1C. The predicted octanol–water partition coefficient (Wildman–Crippen LogP) is 1.79. The Hall–Kier alpha value is -2.48. The average Bonchev–Trinajstić information content (AvgIpc) is 3.23. The lowest BCUT2D eigenvalue weighted by molar-refractivity contribution is 0.0948. The minimum absolute atomic E-state index is 0.113. The van der Waals surface area contributed by atoms with Crippen LogP contribution in [-0.2, 0) is 19.3 Å². The van der Waals surface area contributed by atoms with Crippen LogP contribution < -0.4 is 10.9 Å². The van der Waals surface area contributed by atoms with Crippen molar-refractivity contribution in [1.29, 1.82) is 0 Å². The molecule has 3 aromatic rings. The minimum Gasteiger partial charge on any atom is -0.350 e. The highest BCUT2D eigenvalue weighted by atomic mass is 32.1. The molecule has 0 spiro atoms. The normalized spacial score (nSPS) is 13.4. The molecular weight excluding hydrogens is 338 g/mol. The van der Waals surface area contributed by atoms with Crippen LogP contribution in [0.4, 0.5) is 0 Å². The van der Waals surface area contributed by atoms with Gasteiger partial charge in [-0.15, -0.1) is 11.3 Å². The second kappa shape index (κ2) is 6.11. The topological polar surface area (TPSA) is 104 Å². The summed E-state index contributed by atoms with van der Waals surface area (Å²) in [5.74, 6) is 0.414. The molecule has 25 heavy (non-hydrogen) atoms. The average molecular weight is 357 g/mol. The van der Waals surface area contributed by atoms with Gasteiger partial charge in [0.25, 0.3) is 11.5 Å². The standard InChI is InChI=1S/C17H19N5O2S/c1-8-9(2)25-17-13(8)15(23)19-12(20-17)6-7-18-16(24)14-10-4-3-5-11(10)21-22-14/h3-7H2,1-2H3,(H,18,24)(H,21,22)(H,19,20,23). The van der Waals surface area contributed by atoms with Crippen LogP contribution in [0.3, 0.4) is 0 Å². The molecule has 8 heteroatoms. The Morgan fingerprint density at radius 1 is 1.32 bits per heavy atom. The van der Waals surface area contributed by atoms with Crippen LogP contribution in [0.1, 0.15) is 44.4 Å². The van der Waals surface area contributed by atoms with Gasteiger partial charge >= 0.3 is 0 Å². The van der Waals surface area contributed by atoms with Crippen molar-refractivity contribution < 1.29 is 4.79 Å². The molecule has 0 unspecified atom stereocenters. The van der Waals surface area contributed by atoms with E-state index in [-0.39, 0.29) is 11.5 Å². The van der Waals surface area contributed by atoms with Crippen molar-refractivity contribution in [2.24, 2.45) is 0 Å². The van der Waals surface area contributed by atoms with E-state index in [1.165, 1.54) is 11.3 Å². The van der Waals surface area contributed by atoms with Crippen LogP contribution in [0.15, 0.2) is 4.79 Å². The molecule has 1 aliphatic carbocycles. The third kappa shape index (κ3) is 2.76.